The van der Waals surface area contributed by atoms with Crippen molar-refractivity contribution in [2.45, 2.75) is 0 Å². The molecule has 0 amide bonds. The molecule has 9 rings (SSSR count). The van der Waals surface area contributed by atoms with Crippen molar-refractivity contribution < 1.29 is 8.83 Å². The summed E-state index contributed by atoms with van der Waals surface area (Å²) in [5, 5.41) is 5.46. The maximum Gasteiger partial charge on any atom is 0.164 e. The van der Waals surface area contributed by atoms with Gasteiger partial charge in [-0.15, -0.1) is 0 Å². The third-order valence-corrected chi connectivity index (χ3v) is 8.29. The second-order valence-electron chi connectivity index (χ2n) is 11.0. The van der Waals surface area contributed by atoms with E-state index < -0.39 is 0 Å². The predicted molar refractivity (Wildman–Crippen MR) is 178 cm³/mol. The van der Waals surface area contributed by atoms with Gasteiger partial charge in [0.15, 0.2) is 11.6 Å². The molecule has 0 N–H and O–H groups in total. The molecule has 6 aromatic carbocycles. The van der Waals surface area contributed by atoms with Crippen molar-refractivity contribution in [3.05, 3.63) is 146 Å². The van der Waals surface area contributed by atoms with E-state index in [1.165, 1.54) is 16.5 Å². The van der Waals surface area contributed by atoms with Crippen LogP contribution in [0.3, 0.4) is 0 Å². The van der Waals surface area contributed by atoms with Crippen LogP contribution in [0.2, 0.25) is 0 Å². The molecule has 0 fully saturated rings. The summed E-state index contributed by atoms with van der Waals surface area (Å²) in [6.07, 6.45) is 0. The number of furan rings is 2. The lowest BCUT2D eigenvalue weighted by Crippen LogP contribution is -1.96. The minimum absolute atomic E-state index is 0.585. The molecule has 0 spiro atoms. The van der Waals surface area contributed by atoms with Crippen LogP contribution in [0.1, 0.15) is 0 Å². The van der Waals surface area contributed by atoms with Crippen molar-refractivity contribution in [3.8, 4) is 45.2 Å². The van der Waals surface area contributed by atoms with Crippen LogP contribution in [-0.4, -0.2) is 9.97 Å². The largest absolute Gasteiger partial charge is 0.455 e. The molecule has 44 heavy (non-hydrogen) atoms. The zero-order valence-corrected chi connectivity index (χ0v) is 23.6. The minimum Gasteiger partial charge on any atom is -0.455 e. The highest BCUT2D eigenvalue weighted by Gasteiger charge is 2.18. The van der Waals surface area contributed by atoms with Gasteiger partial charge in [-0.05, 0) is 64.4 Å². The van der Waals surface area contributed by atoms with Crippen molar-refractivity contribution in [3.63, 3.8) is 0 Å². The molecule has 0 aliphatic rings. The van der Waals surface area contributed by atoms with Crippen LogP contribution >= 0.6 is 0 Å². The van der Waals surface area contributed by atoms with Crippen molar-refractivity contribution in [2.24, 2.45) is 0 Å². The molecule has 0 unspecified atom stereocenters. The normalized spacial score (nSPS) is 11.6. The predicted octanol–water partition coefficient (Wildman–Crippen LogP) is 10.9. The van der Waals surface area contributed by atoms with Crippen LogP contribution in [0.25, 0.3) is 88.9 Å². The van der Waals surface area contributed by atoms with Gasteiger partial charge >= 0.3 is 0 Å². The standard InChI is InChI=1S/C40H24N2O2/c1-2-9-25(10-3-1)26-17-18-28-22-29(20-19-27(28)21-26)34-24-35(38-23-30-11-4-6-15-36(30)43-38)42-40(41-34)33-14-8-13-32-31-12-5-7-16-37(31)44-39(32)33/h1-24H. The second-order valence-corrected chi connectivity index (χ2v) is 11.0. The zero-order valence-electron chi connectivity index (χ0n) is 23.6. The Balaban J connectivity index is 1.24. The third-order valence-electron chi connectivity index (χ3n) is 8.29. The first-order valence-electron chi connectivity index (χ1n) is 14.7. The van der Waals surface area contributed by atoms with Gasteiger partial charge in [0.1, 0.15) is 22.4 Å². The van der Waals surface area contributed by atoms with Gasteiger partial charge in [-0.25, -0.2) is 9.97 Å². The Morgan fingerprint density at radius 2 is 1.11 bits per heavy atom. The molecule has 3 heterocycles. The Morgan fingerprint density at radius 3 is 1.98 bits per heavy atom. The number of nitrogens with zero attached hydrogens (tertiary/aromatic N) is 2. The Morgan fingerprint density at radius 1 is 0.409 bits per heavy atom. The smallest absolute Gasteiger partial charge is 0.164 e. The third kappa shape index (κ3) is 4.08. The molecule has 206 valence electrons. The van der Waals surface area contributed by atoms with E-state index in [-0.39, 0.29) is 0 Å². The van der Waals surface area contributed by atoms with E-state index in [1.807, 2.05) is 72.8 Å². The quantitative estimate of drug-likeness (QED) is 0.213. The Bertz CT molecular complexity index is 2470. The highest BCUT2D eigenvalue weighted by Crippen LogP contribution is 2.37. The number of hydrogen-bond acceptors (Lipinski definition) is 4. The summed E-state index contributed by atoms with van der Waals surface area (Å²) in [5.74, 6) is 1.28. The molecule has 0 saturated carbocycles. The summed E-state index contributed by atoms with van der Waals surface area (Å²) in [6, 6.07) is 49.9. The van der Waals surface area contributed by atoms with Crippen LogP contribution in [0, 0.1) is 0 Å². The molecule has 0 radical (unpaired) electrons. The molecule has 0 aliphatic carbocycles. The number of aromatic nitrogens is 2. The summed E-state index contributed by atoms with van der Waals surface area (Å²) in [4.78, 5) is 10.2. The first-order valence-corrected chi connectivity index (χ1v) is 14.7. The second kappa shape index (κ2) is 9.79. The maximum absolute atomic E-state index is 6.38. The van der Waals surface area contributed by atoms with Gasteiger partial charge in [-0.2, -0.15) is 0 Å². The molecule has 3 aromatic heterocycles. The highest BCUT2D eigenvalue weighted by atomic mass is 16.3. The highest BCUT2D eigenvalue weighted by molar-refractivity contribution is 6.09. The fourth-order valence-electron chi connectivity index (χ4n) is 6.09. The van der Waals surface area contributed by atoms with E-state index in [0.29, 0.717) is 17.3 Å². The van der Waals surface area contributed by atoms with Crippen LogP contribution in [0.5, 0.6) is 0 Å². The van der Waals surface area contributed by atoms with Gasteiger partial charge in [0.25, 0.3) is 0 Å². The van der Waals surface area contributed by atoms with Crippen LogP contribution < -0.4 is 0 Å². The number of fused-ring (bicyclic) bond motifs is 5. The number of hydrogen-bond donors (Lipinski definition) is 0. The summed E-state index contributed by atoms with van der Waals surface area (Å²) in [5.41, 5.74) is 8.20. The number of benzene rings is 6. The SMILES string of the molecule is c1ccc(-c2ccc3cc(-c4cc(-c5cc6ccccc6o5)nc(-c5cccc6c5oc5ccccc56)n4)ccc3c2)cc1. The molecule has 0 atom stereocenters. The van der Waals surface area contributed by atoms with Crippen molar-refractivity contribution in [2.75, 3.05) is 0 Å². The molecular formula is C40H24N2O2. The van der Waals surface area contributed by atoms with E-state index in [9.17, 15) is 0 Å². The van der Waals surface area contributed by atoms with Crippen LogP contribution in [0.4, 0.5) is 0 Å². The molecular weight excluding hydrogens is 540 g/mol. The Labute approximate surface area is 252 Å². The molecule has 9 aromatic rings. The van der Waals surface area contributed by atoms with Gasteiger partial charge in [0.2, 0.25) is 0 Å². The lowest BCUT2D eigenvalue weighted by atomic mass is 9.99. The first kappa shape index (κ1) is 24.6. The fourth-order valence-corrected chi connectivity index (χ4v) is 6.09. The summed E-state index contributed by atoms with van der Waals surface area (Å²) in [6.45, 7) is 0. The summed E-state index contributed by atoms with van der Waals surface area (Å²) >= 11 is 0. The van der Waals surface area contributed by atoms with Crippen molar-refractivity contribution in [1.82, 2.24) is 9.97 Å². The Hall–Kier alpha value is -6.00. The van der Waals surface area contributed by atoms with Crippen molar-refractivity contribution >= 4 is 43.7 Å². The van der Waals surface area contributed by atoms with E-state index >= 15 is 0 Å². The van der Waals surface area contributed by atoms with E-state index in [4.69, 9.17) is 18.8 Å². The topological polar surface area (TPSA) is 52.1 Å². The van der Waals surface area contributed by atoms with Crippen molar-refractivity contribution in [1.29, 1.82) is 0 Å². The van der Waals surface area contributed by atoms with Crippen LogP contribution in [-0.2, 0) is 0 Å². The molecule has 0 aliphatic heterocycles. The zero-order chi connectivity index (χ0) is 29.0. The number of para-hydroxylation sites is 3. The van der Waals surface area contributed by atoms with Gasteiger partial charge in [0, 0.05) is 21.7 Å². The molecule has 4 heteroatoms. The molecule has 4 nitrogen and oxygen atoms in total. The lowest BCUT2D eigenvalue weighted by Gasteiger charge is -2.10. The molecule has 0 bridgehead atoms. The van der Waals surface area contributed by atoms with Crippen LogP contribution in [0.15, 0.2) is 154 Å². The monoisotopic (exact) mass is 564 g/mol. The Kier molecular flexibility index (Phi) is 5.47. The first-order chi connectivity index (χ1) is 21.8. The number of rotatable bonds is 4. The maximum atomic E-state index is 6.38. The van der Waals surface area contributed by atoms with E-state index in [1.54, 1.807) is 0 Å². The van der Waals surface area contributed by atoms with Gasteiger partial charge in [0.05, 0.1) is 11.3 Å². The average Bonchev–Trinajstić information content (AvgIpc) is 3.70. The van der Waals surface area contributed by atoms with E-state index in [2.05, 4.69) is 72.8 Å². The van der Waals surface area contributed by atoms with E-state index in [0.717, 1.165) is 55.1 Å². The average molecular weight is 565 g/mol. The van der Waals surface area contributed by atoms with Gasteiger partial charge in [-0.1, -0.05) is 103 Å². The van der Waals surface area contributed by atoms with Gasteiger partial charge in [-0.3, -0.25) is 0 Å². The minimum atomic E-state index is 0.585. The molecule has 0 saturated heterocycles. The lowest BCUT2D eigenvalue weighted by molar-refractivity contribution is 0.628. The summed E-state index contributed by atoms with van der Waals surface area (Å²) in [7, 11) is 0. The fraction of sp³-hybridized carbons (Fsp3) is 0. The van der Waals surface area contributed by atoms with Gasteiger partial charge < -0.3 is 8.83 Å². The summed E-state index contributed by atoms with van der Waals surface area (Å²) < 4.78 is 12.7.